The Morgan fingerprint density at radius 1 is 1.25 bits per heavy atom. The number of hydrogen-bond acceptors (Lipinski definition) is 4. The number of rotatable bonds is 9. The summed E-state index contributed by atoms with van der Waals surface area (Å²) in [5.41, 5.74) is -0.722. The molecule has 1 fully saturated rings. The van der Waals surface area contributed by atoms with Gasteiger partial charge in [0.25, 0.3) is 0 Å². The van der Waals surface area contributed by atoms with E-state index in [0.717, 1.165) is 19.6 Å². The summed E-state index contributed by atoms with van der Waals surface area (Å²) in [6, 6.07) is 0. The molecule has 0 spiro atoms. The summed E-state index contributed by atoms with van der Waals surface area (Å²) in [5.74, 6) is 0.457. The molecule has 118 valence electrons. The predicted octanol–water partition coefficient (Wildman–Crippen LogP) is 2.90. The molecule has 1 unspecified atom stereocenters. The summed E-state index contributed by atoms with van der Waals surface area (Å²) in [5, 5.41) is 3.27. The van der Waals surface area contributed by atoms with Crippen molar-refractivity contribution in [2.75, 3.05) is 26.4 Å². The molecule has 0 aromatic rings. The fraction of sp³-hybridized carbons (Fsp3) is 0.938. The normalized spacial score (nSPS) is 19.6. The van der Waals surface area contributed by atoms with E-state index in [4.69, 9.17) is 9.47 Å². The molecule has 1 aliphatic rings. The highest BCUT2D eigenvalue weighted by atomic mass is 16.5. The largest absolute Gasteiger partial charge is 0.465 e. The molecule has 0 aromatic heterocycles. The minimum atomic E-state index is -0.722. The lowest BCUT2D eigenvalue weighted by Crippen LogP contribution is -2.54. The molecule has 1 N–H and O–H groups in total. The number of hydrogen-bond donors (Lipinski definition) is 1. The van der Waals surface area contributed by atoms with Gasteiger partial charge in [-0.1, -0.05) is 26.2 Å². The lowest BCUT2D eigenvalue weighted by atomic mass is 9.90. The van der Waals surface area contributed by atoms with Crippen molar-refractivity contribution in [1.82, 2.24) is 5.32 Å². The molecular weight excluding hydrogens is 254 g/mol. The highest BCUT2D eigenvalue weighted by Crippen LogP contribution is 2.24. The van der Waals surface area contributed by atoms with Gasteiger partial charge >= 0.3 is 5.97 Å². The number of carbonyl (C=O) groups excluding carboxylic acids is 1. The van der Waals surface area contributed by atoms with Gasteiger partial charge in [0, 0.05) is 6.61 Å². The molecule has 0 saturated heterocycles. The Morgan fingerprint density at radius 2 is 1.95 bits per heavy atom. The average molecular weight is 285 g/mol. The molecule has 0 bridgehead atoms. The predicted molar refractivity (Wildman–Crippen MR) is 80.7 cm³/mol. The maximum atomic E-state index is 12.1. The smallest absolute Gasteiger partial charge is 0.328 e. The van der Waals surface area contributed by atoms with Crippen LogP contribution in [0.25, 0.3) is 0 Å². The first-order chi connectivity index (χ1) is 9.62. The molecule has 1 aliphatic carbocycles. The molecule has 4 nitrogen and oxygen atoms in total. The fourth-order valence-electron chi connectivity index (χ4n) is 2.66. The van der Waals surface area contributed by atoms with E-state index in [-0.39, 0.29) is 5.97 Å². The lowest BCUT2D eigenvalue weighted by molar-refractivity contribution is -0.153. The van der Waals surface area contributed by atoms with Crippen molar-refractivity contribution in [2.24, 2.45) is 5.92 Å². The van der Waals surface area contributed by atoms with Crippen molar-refractivity contribution in [2.45, 2.75) is 64.8 Å². The van der Waals surface area contributed by atoms with Crippen LogP contribution in [-0.2, 0) is 14.3 Å². The summed E-state index contributed by atoms with van der Waals surface area (Å²) >= 11 is 0. The van der Waals surface area contributed by atoms with Gasteiger partial charge in [-0.05, 0) is 45.6 Å². The highest BCUT2D eigenvalue weighted by molar-refractivity contribution is 5.80. The third kappa shape index (κ3) is 5.80. The topological polar surface area (TPSA) is 47.6 Å². The number of nitrogens with one attached hydrogen (secondary N) is 1. The van der Waals surface area contributed by atoms with E-state index in [9.17, 15) is 4.79 Å². The molecule has 20 heavy (non-hydrogen) atoms. The summed E-state index contributed by atoms with van der Waals surface area (Å²) in [7, 11) is 0. The lowest BCUT2D eigenvalue weighted by Gasteiger charge is -2.29. The van der Waals surface area contributed by atoms with Crippen LogP contribution in [-0.4, -0.2) is 37.9 Å². The Labute approximate surface area is 123 Å². The quantitative estimate of drug-likeness (QED) is 0.662. The van der Waals surface area contributed by atoms with Crippen LogP contribution in [0.5, 0.6) is 0 Å². The monoisotopic (exact) mass is 285 g/mol. The molecule has 0 heterocycles. The van der Waals surface area contributed by atoms with Gasteiger partial charge in [0.1, 0.15) is 5.54 Å². The van der Waals surface area contributed by atoms with Crippen LogP contribution in [0.15, 0.2) is 0 Å². The summed E-state index contributed by atoms with van der Waals surface area (Å²) in [6.07, 6.45) is 7.50. The van der Waals surface area contributed by atoms with Crippen LogP contribution in [0.4, 0.5) is 0 Å². The third-order valence-corrected chi connectivity index (χ3v) is 3.96. The molecule has 1 atom stereocenters. The van der Waals surface area contributed by atoms with Gasteiger partial charge in [0.15, 0.2) is 0 Å². The third-order valence-electron chi connectivity index (χ3n) is 3.96. The standard InChI is InChI=1S/C16H31NO3/c1-4-11-17-16(3,15(18)20-5-2)13-19-12-14-9-7-6-8-10-14/h14,17H,4-13H2,1-3H3. The second-order valence-electron chi connectivity index (χ2n) is 6.00. The molecule has 0 radical (unpaired) electrons. The van der Waals surface area contributed by atoms with Crippen LogP contribution >= 0.6 is 0 Å². The second kappa shape index (κ2) is 9.35. The average Bonchev–Trinajstić information content (AvgIpc) is 2.46. The zero-order chi connectivity index (χ0) is 14.8. The number of esters is 1. The molecular formula is C16H31NO3. The van der Waals surface area contributed by atoms with E-state index in [2.05, 4.69) is 12.2 Å². The van der Waals surface area contributed by atoms with E-state index in [1.54, 1.807) is 0 Å². The maximum absolute atomic E-state index is 12.1. The first-order valence-electron chi connectivity index (χ1n) is 8.12. The van der Waals surface area contributed by atoms with E-state index in [1.165, 1.54) is 32.1 Å². The van der Waals surface area contributed by atoms with Crippen LogP contribution < -0.4 is 5.32 Å². The Balaban J connectivity index is 2.40. The van der Waals surface area contributed by atoms with Crippen molar-refractivity contribution in [3.63, 3.8) is 0 Å². The van der Waals surface area contributed by atoms with Crippen molar-refractivity contribution in [3.05, 3.63) is 0 Å². The van der Waals surface area contributed by atoms with Crippen molar-refractivity contribution < 1.29 is 14.3 Å². The molecule has 1 rings (SSSR count). The van der Waals surface area contributed by atoms with E-state index in [1.807, 2.05) is 13.8 Å². The van der Waals surface area contributed by atoms with Crippen molar-refractivity contribution >= 4 is 5.97 Å². The second-order valence-corrected chi connectivity index (χ2v) is 6.00. The van der Waals surface area contributed by atoms with E-state index >= 15 is 0 Å². The van der Waals surface area contributed by atoms with E-state index in [0.29, 0.717) is 19.1 Å². The fourth-order valence-corrected chi connectivity index (χ4v) is 2.66. The van der Waals surface area contributed by atoms with Gasteiger partial charge in [-0.2, -0.15) is 0 Å². The van der Waals surface area contributed by atoms with Gasteiger partial charge in [0.2, 0.25) is 0 Å². The minimum Gasteiger partial charge on any atom is -0.465 e. The molecule has 0 aromatic carbocycles. The molecule has 0 amide bonds. The zero-order valence-electron chi connectivity index (χ0n) is 13.4. The Hall–Kier alpha value is -0.610. The Kier molecular flexibility index (Phi) is 8.15. The van der Waals surface area contributed by atoms with E-state index < -0.39 is 5.54 Å². The van der Waals surface area contributed by atoms with Gasteiger partial charge in [-0.3, -0.25) is 0 Å². The van der Waals surface area contributed by atoms with Crippen LogP contribution in [0.3, 0.4) is 0 Å². The van der Waals surface area contributed by atoms with Gasteiger partial charge in [-0.15, -0.1) is 0 Å². The van der Waals surface area contributed by atoms with Crippen LogP contribution in [0.2, 0.25) is 0 Å². The summed E-state index contributed by atoms with van der Waals surface area (Å²) in [6.45, 7) is 8.15. The number of ether oxygens (including phenoxy) is 2. The summed E-state index contributed by atoms with van der Waals surface area (Å²) < 4.78 is 11.0. The zero-order valence-corrected chi connectivity index (χ0v) is 13.4. The Bertz CT molecular complexity index is 277. The van der Waals surface area contributed by atoms with Gasteiger partial charge in [-0.25, -0.2) is 4.79 Å². The SMILES string of the molecule is CCCNC(C)(COCC1CCCCC1)C(=O)OCC. The molecule has 0 aliphatic heterocycles. The Morgan fingerprint density at radius 3 is 2.55 bits per heavy atom. The minimum absolute atomic E-state index is 0.211. The van der Waals surface area contributed by atoms with Crippen molar-refractivity contribution in [1.29, 1.82) is 0 Å². The van der Waals surface area contributed by atoms with Gasteiger partial charge in [0.05, 0.1) is 13.2 Å². The molecule has 1 saturated carbocycles. The number of carbonyl (C=O) groups is 1. The van der Waals surface area contributed by atoms with Gasteiger partial charge < -0.3 is 14.8 Å². The highest BCUT2D eigenvalue weighted by Gasteiger charge is 2.34. The first-order valence-corrected chi connectivity index (χ1v) is 8.12. The van der Waals surface area contributed by atoms with Crippen LogP contribution in [0, 0.1) is 5.92 Å². The van der Waals surface area contributed by atoms with Crippen LogP contribution in [0.1, 0.15) is 59.3 Å². The maximum Gasteiger partial charge on any atom is 0.328 e. The molecule has 4 heteroatoms. The van der Waals surface area contributed by atoms with Crippen molar-refractivity contribution in [3.8, 4) is 0 Å². The summed E-state index contributed by atoms with van der Waals surface area (Å²) in [4.78, 5) is 12.1. The first kappa shape index (κ1) is 17.4.